The van der Waals surface area contributed by atoms with E-state index in [2.05, 4.69) is 39.6 Å². The molecule has 3 aromatic rings. The topological polar surface area (TPSA) is 65.7 Å². The molecule has 0 amide bonds. The number of rotatable bonds is 7. The van der Waals surface area contributed by atoms with Gasteiger partial charge in [-0.3, -0.25) is 4.99 Å². The van der Waals surface area contributed by atoms with Gasteiger partial charge in [-0.15, -0.1) is 24.0 Å². The van der Waals surface area contributed by atoms with Crippen molar-refractivity contribution in [1.82, 2.24) is 20.5 Å². The normalized spacial score (nSPS) is 12.4. The van der Waals surface area contributed by atoms with Crippen molar-refractivity contribution in [3.05, 3.63) is 77.1 Å². The van der Waals surface area contributed by atoms with Gasteiger partial charge in [0.25, 0.3) is 0 Å². The summed E-state index contributed by atoms with van der Waals surface area (Å²) in [7, 11) is 5.86. The van der Waals surface area contributed by atoms with E-state index in [0.29, 0.717) is 24.9 Å². The first-order valence-electron chi connectivity index (χ1n) is 9.43. The predicted octanol–water partition coefficient (Wildman–Crippen LogP) is 4.58. The molecule has 1 aromatic heterocycles. The van der Waals surface area contributed by atoms with Crippen molar-refractivity contribution in [2.45, 2.75) is 12.6 Å². The van der Waals surface area contributed by atoms with Crippen molar-refractivity contribution in [3.63, 3.8) is 0 Å². The van der Waals surface area contributed by atoms with Gasteiger partial charge in [0.1, 0.15) is 6.26 Å². The lowest BCUT2D eigenvalue weighted by atomic mass is 10.1. The van der Waals surface area contributed by atoms with Crippen molar-refractivity contribution in [2.24, 2.45) is 4.99 Å². The Morgan fingerprint density at radius 1 is 1.10 bits per heavy atom. The number of oxazole rings is 1. The third kappa shape index (κ3) is 6.72. The summed E-state index contributed by atoms with van der Waals surface area (Å²) in [4.78, 5) is 11.0. The minimum absolute atomic E-state index is 0. The zero-order chi connectivity index (χ0) is 20.6. The molecule has 0 aliphatic heterocycles. The molecule has 1 heterocycles. The van der Waals surface area contributed by atoms with Crippen LogP contribution >= 0.6 is 35.6 Å². The Balaban J connectivity index is 0.00000320. The molecule has 30 heavy (non-hydrogen) atoms. The second-order valence-electron chi connectivity index (χ2n) is 6.85. The summed E-state index contributed by atoms with van der Waals surface area (Å²) in [5.41, 5.74) is 2.96. The Kier molecular flexibility index (Phi) is 9.61. The van der Waals surface area contributed by atoms with Gasteiger partial charge in [0, 0.05) is 24.2 Å². The Morgan fingerprint density at radius 3 is 2.43 bits per heavy atom. The fraction of sp³-hybridized carbons (Fsp3) is 0.273. The molecule has 160 valence electrons. The lowest BCUT2D eigenvalue weighted by Gasteiger charge is -2.26. The molecule has 2 aromatic carbocycles. The van der Waals surface area contributed by atoms with Gasteiger partial charge in [-0.1, -0.05) is 41.9 Å². The molecule has 0 spiro atoms. The number of aromatic nitrogens is 1. The molecule has 0 radical (unpaired) electrons. The summed E-state index contributed by atoms with van der Waals surface area (Å²) >= 11 is 6.01. The van der Waals surface area contributed by atoms with Crippen LogP contribution in [0.4, 0.5) is 0 Å². The maximum atomic E-state index is 6.01. The van der Waals surface area contributed by atoms with Gasteiger partial charge in [0.2, 0.25) is 5.89 Å². The fourth-order valence-electron chi connectivity index (χ4n) is 2.97. The third-order valence-corrected chi connectivity index (χ3v) is 4.83. The van der Waals surface area contributed by atoms with Gasteiger partial charge >= 0.3 is 0 Å². The number of benzene rings is 2. The van der Waals surface area contributed by atoms with Gasteiger partial charge in [-0.25, -0.2) is 4.98 Å². The Bertz CT molecular complexity index is 928. The number of aliphatic imine (C=N–C) groups is 1. The molecular formula is C22H27ClIN5O. The second kappa shape index (κ2) is 11.9. The van der Waals surface area contributed by atoms with E-state index in [1.54, 1.807) is 13.3 Å². The highest BCUT2D eigenvalue weighted by molar-refractivity contribution is 14.0. The first kappa shape index (κ1) is 24.2. The molecular weight excluding hydrogens is 513 g/mol. The maximum absolute atomic E-state index is 6.01. The molecule has 1 unspecified atom stereocenters. The number of likely N-dealkylation sites (N-methyl/N-ethyl adjacent to an activating group) is 1. The van der Waals surface area contributed by atoms with Crippen LogP contribution in [0.2, 0.25) is 5.02 Å². The number of hydrogen-bond acceptors (Lipinski definition) is 4. The third-order valence-electron chi connectivity index (χ3n) is 4.57. The number of nitrogens with zero attached hydrogens (tertiary/aromatic N) is 3. The van der Waals surface area contributed by atoms with Gasteiger partial charge in [0.15, 0.2) is 5.96 Å². The number of guanidine groups is 1. The Morgan fingerprint density at radius 2 is 1.80 bits per heavy atom. The van der Waals surface area contributed by atoms with E-state index in [0.717, 1.165) is 16.3 Å². The summed E-state index contributed by atoms with van der Waals surface area (Å²) in [5, 5.41) is 7.40. The lowest BCUT2D eigenvalue weighted by molar-refractivity contribution is 0.298. The SMILES string of the molecule is CN=C(NCc1coc(-c2ccccc2)n1)NCC(c1ccc(Cl)cc1)N(C)C.I. The summed E-state index contributed by atoms with van der Waals surface area (Å²) in [6, 6.07) is 17.9. The molecule has 0 saturated carbocycles. The molecule has 0 saturated heterocycles. The average molecular weight is 540 g/mol. The van der Waals surface area contributed by atoms with Crippen molar-refractivity contribution in [3.8, 4) is 11.5 Å². The number of nitrogens with one attached hydrogen (secondary N) is 2. The standard InChI is InChI=1S/C22H26ClN5O.HI/c1-24-22(26-14-20(28(2)3)16-9-11-18(23)12-10-16)25-13-19-15-29-21(27-19)17-7-5-4-6-8-17;/h4-12,15,20H,13-14H2,1-3H3,(H2,24,25,26);1H. The molecule has 0 bridgehead atoms. The Labute approximate surface area is 199 Å². The van der Waals surface area contributed by atoms with Crippen molar-refractivity contribution < 1.29 is 4.42 Å². The zero-order valence-electron chi connectivity index (χ0n) is 17.3. The van der Waals surface area contributed by atoms with Crippen LogP contribution in [0.25, 0.3) is 11.5 Å². The maximum Gasteiger partial charge on any atom is 0.226 e. The highest BCUT2D eigenvalue weighted by atomic mass is 127. The molecule has 1 atom stereocenters. The summed E-state index contributed by atoms with van der Waals surface area (Å²) in [5.74, 6) is 1.32. The van der Waals surface area contributed by atoms with Gasteiger partial charge in [-0.2, -0.15) is 0 Å². The second-order valence-corrected chi connectivity index (χ2v) is 7.28. The highest BCUT2D eigenvalue weighted by Gasteiger charge is 2.15. The van der Waals surface area contributed by atoms with Crippen LogP contribution in [0.15, 0.2) is 70.3 Å². The van der Waals surface area contributed by atoms with Gasteiger partial charge in [0.05, 0.1) is 18.3 Å². The van der Waals surface area contributed by atoms with Crippen LogP contribution in [0.1, 0.15) is 17.3 Å². The van der Waals surface area contributed by atoms with Crippen molar-refractivity contribution in [2.75, 3.05) is 27.7 Å². The molecule has 0 aliphatic rings. The van der Waals surface area contributed by atoms with E-state index in [9.17, 15) is 0 Å². The quantitative estimate of drug-likeness (QED) is 0.261. The van der Waals surface area contributed by atoms with E-state index < -0.39 is 0 Å². The smallest absolute Gasteiger partial charge is 0.226 e. The Hall–Kier alpha value is -2.10. The molecule has 0 aliphatic carbocycles. The molecule has 3 rings (SSSR count). The summed E-state index contributed by atoms with van der Waals surface area (Å²) < 4.78 is 5.58. The zero-order valence-corrected chi connectivity index (χ0v) is 20.4. The molecule has 6 nitrogen and oxygen atoms in total. The predicted molar refractivity (Wildman–Crippen MR) is 133 cm³/mol. The molecule has 2 N–H and O–H groups in total. The summed E-state index contributed by atoms with van der Waals surface area (Å²) in [6.45, 7) is 1.21. The number of hydrogen-bond donors (Lipinski definition) is 2. The van der Waals surface area contributed by atoms with E-state index in [1.165, 1.54) is 5.56 Å². The van der Waals surface area contributed by atoms with Crippen molar-refractivity contribution >= 4 is 41.5 Å². The van der Waals surface area contributed by atoms with E-state index in [-0.39, 0.29) is 30.0 Å². The fourth-order valence-corrected chi connectivity index (χ4v) is 3.10. The van der Waals surface area contributed by atoms with Crippen LogP contribution < -0.4 is 10.6 Å². The monoisotopic (exact) mass is 539 g/mol. The van der Waals surface area contributed by atoms with Crippen molar-refractivity contribution in [1.29, 1.82) is 0 Å². The summed E-state index contributed by atoms with van der Waals surface area (Å²) in [6.07, 6.45) is 1.67. The van der Waals surface area contributed by atoms with Gasteiger partial charge < -0.3 is 20.0 Å². The van der Waals surface area contributed by atoms with Crippen LogP contribution in [-0.4, -0.2) is 43.5 Å². The first-order valence-corrected chi connectivity index (χ1v) is 9.81. The molecule has 0 fully saturated rings. The van der Waals surface area contributed by atoms with E-state index >= 15 is 0 Å². The largest absolute Gasteiger partial charge is 0.444 e. The van der Waals surface area contributed by atoms with Crippen LogP contribution in [0.3, 0.4) is 0 Å². The van der Waals surface area contributed by atoms with Gasteiger partial charge in [-0.05, 0) is 43.9 Å². The minimum Gasteiger partial charge on any atom is -0.444 e. The minimum atomic E-state index is 0. The number of halogens is 2. The highest BCUT2D eigenvalue weighted by Crippen LogP contribution is 2.20. The van der Waals surface area contributed by atoms with E-state index in [1.807, 2.05) is 54.6 Å². The lowest BCUT2D eigenvalue weighted by Crippen LogP contribution is -2.41. The average Bonchev–Trinajstić information content (AvgIpc) is 3.21. The van der Waals surface area contributed by atoms with E-state index in [4.69, 9.17) is 16.0 Å². The molecule has 8 heteroatoms. The van der Waals surface area contributed by atoms with Crippen LogP contribution in [-0.2, 0) is 6.54 Å². The van der Waals surface area contributed by atoms with Crippen LogP contribution in [0, 0.1) is 0 Å². The van der Waals surface area contributed by atoms with Crippen LogP contribution in [0.5, 0.6) is 0 Å². The first-order chi connectivity index (χ1) is 14.1.